The van der Waals surface area contributed by atoms with Gasteiger partial charge in [0.2, 0.25) is 0 Å². The fourth-order valence-corrected chi connectivity index (χ4v) is 2.78. The van der Waals surface area contributed by atoms with Gasteiger partial charge in [0.1, 0.15) is 0 Å². The molecule has 3 aromatic rings. The zero-order valence-electron chi connectivity index (χ0n) is 10.7. The molecule has 0 amide bonds. The Morgan fingerprint density at radius 3 is 2.33 bits per heavy atom. The minimum atomic E-state index is -4.41. The fraction of sp³-hybridized carbons (Fsp3) is 0.0625. The molecule has 1 nitrogen and oxygen atoms in total. The molecular formula is C16H9BrF3N. The Labute approximate surface area is 127 Å². The standard InChI is InChI=1S/C16H9BrF3N/c17-13-9-15(21-14-8-4-2-6-11(13)14)10-5-1-3-7-12(10)16(18,19)20/h1-9H. The zero-order chi connectivity index (χ0) is 15.0. The van der Waals surface area contributed by atoms with Crippen molar-refractivity contribution in [3.63, 3.8) is 0 Å². The van der Waals surface area contributed by atoms with Crippen LogP contribution in [0, 0.1) is 0 Å². The number of para-hydroxylation sites is 1. The minimum Gasteiger partial charge on any atom is -0.248 e. The summed E-state index contributed by atoms with van der Waals surface area (Å²) in [4.78, 5) is 4.35. The van der Waals surface area contributed by atoms with Crippen LogP contribution in [-0.2, 0) is 6.18 Å². The van der Waals surface area contributed by atoms with E-state index in [0.29, 0.717) is 11.2 Å². The topological polar surface area (TPSA) is 12.9 Å². The highest BCUT2D eigenvalue weighted by molar-refractivity contribution is 9.10. The van der Waals surface area contributed by atoms with E-state index in [9.17, 15) is 13.2 Å². The summed E-state index contributed by atoms with van der Waals surface area (Å²) < 4.78 is 40.0. The Bertz CT molecular complexity index is 812. The number of benzene rings is 2. The summed E-state index contributed by atoms with van der Waals surface area (Å²) in [5.74, 6) is 0. The van der Waals surface area contributed by atoms with E-state index in [2.05, 4.69) is 20.9 Å². The summed E-state index contributed by atoms with van der Waals surface area (Å²) in [6, 6.07) is 14.4. The van der Waals surface area contributed by atoms with Crippen molar-refractivity contribution in [3.05, 3.63) is 64.6 Å². The lowest BCUT2D eigenvalue weighted by Gasteiger charge is -2.13. The smallest absolute Gasteiger partial charge is 0.248 e. The molecule has 1 aromatic heterocycles. The van der Waals surface area contributed by atoms with E-state index < -0.39 is 11.7 Å². The van der Waals surface area contributed by atoms with Crippen LogP contribution >= 0.6 is 15.9 Å². The lowest BCUT2D eigenvalue weighted by molar-refractivity contribution is -0.137. The van der Waals surface area contributed by atoms with Gasteiger partial charge in [0, 0.05) is 15.4 Å². The Hall–Kier alpha value is -1.88. The molecule has 1 heterocycles. The summed E-state index contributed by atoms with van der Waals surface area (Å²) in [6.45, 7) is 0. The molecule has 5 heteroatoms. The molecule has 3 rings (SSSR count). The SMILES string of the molecule is FC(F)(F)c1ccccc1-c1cc(Br)c2ccccc2n1. The van der Waals surface area contributed by atoms with E-state index in [1.54, 1.807) is 24.3 Å². The molecule has 0 unspecified atom stereocenters. The summed E-state index contributed by atoms with van der Waals surface area (Å²) in [5, 5.41) is 0.866. The normalized spacial score (nSPS) is 11.8. The quantitative estimate of drug-likeness (QED) is 0.549. The molecule has 0 aliphatic rings. The van der Waals surface area contributed by atoms with Crippen LogP contribution in [0.2, 0.25) is 0 Å². The molecule has 21 heavy (non-hydrogen) atoms. The van der Waals surface area contributed by atoms with Gasteiger partial charge in [-0.25, -0.2) is 4.98 Å². The molecule has 0 bridgehead atoms. The predicted molar refractivity (Wildman–Crippen MR) is 79.9 cm³/mol. The zero-order valence-corrected chi connectivity index (χ0v) is 12.2. The first kappa shape index (κ1) is 14.1. The van der Waals surface area contributed by atoms with Gasteiger partial charge in [-0.15, -0.1) is 0 Å². The average Bonchev–Trinajstić information content (AvgIpc) is 2.46. The Morgan fingerprint density at radius 2 is 1.57 bits per heavy atom. The molecule has 0 radical (unpaired) electrons. The second-order valence-electron chi connectivity index (χ2n) is 4.55. The third-order valence-electron chi connectivity index (χ3n) is 3.17. The van der Waals surface area contributed by atoms with Crippen LogP contribution in [-0.4, -0.2) is 4.98 Å². The van der Waals surface area contributed by atoms with Crippen molar-refractivity contribution < 1.29 is 13.2 Å². The largest absolute Gasteiger partial charge is 0.417 e. The first-order valence-corrected chi connectivity index (χ1v) is 6.98. The van der Waals surface area contributed by atoms with Crippen LogP contribution < -0.4 is 0 Å². The number of hydrogen-bond acceptors (Lipinski definition) is 1. The summed E-state index contributed by atoms with van der Waals surface area (Å²) in [5.41, 5.74) is 0.350. The van der Waals surface area contributed by atoms with E-state index in [1.165, 1.54) is 12.1 Å². The molecule has 0 atom stereocenters. The third kappa shape index (κ3) is 2.65. The summed E-state index contributed by atoms with van der Waals surface area (Å²) in [7, 11) is 0. The first-order chi connectivity index (χ1) is 9.97. The minimum absolute atomic E-state index is 0.0800. The van der Waals surface area contributed by atoms with Gasteiger partial charge in [0.15, 0.2) is 0 Å². The van der Waals surface area contributed by atoms with Gasteiger partial charge in [-0.1, -0.05) is 52.3 Å². The number of halogens is 4. The summed E-state index contributed by atoms with van der Waals surface area (Å²) in [6.07, 6.45) is -4.41. The Morgan fingerprint density at radius 1 is 0.905 bits per heavy atom. The number of aromatic nitrogens is 1. The van der Waals surface area contributed by atoms with Gasteiger partial charge in [0.25, 0.3) is 0 Å². The molecule has 0 saturated carbocycles. The summed E-state index contributed by atoms with van der Waals surface area (Å²) >= 11 is 3.40. The van der Waals surface area contributed by atoms with Crippen molar-refractivity contribution in [1.29, 1.82) is 0 Å². The number of pyridine rings is 1. The van der Waals surface area contributed by atoms with E-state index >= 15 is 0 Å². The van der Waals surface area contributed by atoms with Gasteiger partial charge >= 0.3 is 6.18 Å². The first-order valence-electron chi connectivity index (χ1n) is 6.19. The van der Waals surface area contributed by atoms with Crippen LogP contribution in [0.15, 0.2) is 59.1 Å². The fourth-order valence-electron chi connectivity index (χ4n) is 2.22. The van der Waals surface area contributed by atoms with Crippen LogP contribution in [0.25, 0.3) is 22.2 Å². The lowest BCUT2D eigenvalue weighted by atomic mass is 10.0. The maximum Gasteiger partial charge on any atom is 0.417 e. The maximum absolute atomic E-state index is 13.1. The number of fused-ring (bicyclic) bond motifs is 1. The molecule has 0 aliphatic heterocycles. The van der Waals surface area contributed by atoms with E-state index in [1.807, 2.05) is 12.1 Å². The third-order valence-corrected chi connectivity index (χ3v) is 3.83. The van der Waals surface area contributed by atoms with Crippen LogP contribution in [0.5, 0.6) is 0 Å². The molecule has 0 aliphatic carbocycles. The van der Waals surface area contributed by atoms with Crippen LogP contribution in [0.1, 0.15) is 5.56 Å². The van der Waals surface area contributed by atoms with E-state index in [0.717, 1.165) is 15.9 Å². The van der Waals surface area contributed by atoms with Crippen molar-refractivity contribution in [2.45, 2.75) is 6.18 Å². The molecule has 2 aromatic carbocycles. The molecule has 0 N–H and O–H groups in total. The monoisotopic (exact) mass is 351 g/mol. The van der Waals surface area contributed by atoms with Gasteiger partial charge in [-0.05, 0) is 18.2 Å². The van der Waals surface area contributed by atoms with Crippen molar-refractivity contribution in [2.24, 2.45) is 0 Å². The molecule has 0 saturated heterocycles. The van der Waals surface area contributed by atoms with Crippen molar-refractivity contribution in [2.75, 3.05) is 0 Å². The van der Waals surface area contributed by atoms with Crippen LogP contribution in [0.3, 0.4) is 0 Å². The second kappa shape index (κ2) is 5.15. The Balaban J connectivity index is 2.27. The van der Waals surface area contributed by atoms with Crippen molar-refractivity contribution in [1.82, 2.24) is 4.98 Å². The van der Waals surface area contributed by atoms with Gasteiger partial charge in [-0.2, -0.15) is 13.2 Å². The highest BCUT2D eigenvalue weighted by Crippen LogP contribution is 2.37. The lowest BCUT2D eigenvalue weighted by Crippen LogP contribution is -2.07. The predicted octanol–water partition coefficient (Wildman–Crippen LogP) is 5.68. The van der Waals surface area contributed by atoms with Crippen molar-refractivity contribution >= 4 is 26.8 Å². The van der Waals surface area contributed by atoms with Gasteiger partial charge in [-0.3, -0.25) is 0 Å². The number of hydrogen-bond donors (Lipinski definition) is 0. The van der Waals surface area contributed by atoms with Gasteiger partial charge in [0.05, 0.1) is 16.8 Å². The van der Waals surface area contributed by atoms with Crippen LogP contribution in [0.4, 0.5) is 13.2 Å². The Kier molecular flexibility index (Phi) is 3.45. The van der Waals surface area contributed by atoms with Gasteiger partial charge < -0.3 is 0 Å². The van der Waals surface area contributed by atoms with E-state index in [4.69, 9.17) is 0 Å². The molecule has 106 valence electrons. The van der Waals surface area contributed by atoms with Crippen molar-refractivity contribution in [3.8, 4) is 11.3 Å². The second-order valence-corrected chi connectivity index (χ2v) is 5.40. The molecule has 0 fully saturated rings. The molecule has 0 spiro atoms. The maximum atomic E-state index is 13.1. The van der Waals surface area contributed by atoms with E-state index in [-0.39, 0.29) is 5.56 Å². The average molecular weight is 352 g/mol. The highest BCUT2D eigenvalue weighted by Gasteiger charge is 2.33. The number of nitrogens with zero attached hydrogens (tertiary/aromatic N) is 1. The molecular weight excluding hydrogens is 343 g/mol. The number of rotatable bonds is 1. The number of alkyl halides is 3. The highest BCUT2D eigenvalue weighted by atomic mass is 79.9.